The van der Waals surface area contributed by atoms with Gasteiger partial charge in [0.2, 0.25) is 0 Å². The first-order valence-electron chi connectivity index (χ1n) is 6.63. The van der Waals surface area contributed by atoms with E-state index in [1.807, 2.05) is 13.0 Å². The number of anilines is 1. The number of hydrogen-bond donors (Lipinski definition) is 1. The Kier molecular flexibility index (Phi) is 3.50. The van der Waals surface area contributed by atoms with Crippen molar-refractivity contribution in [2.24, 2.45) is 7.05 Å². The molecular formula is C16H13ClN2O3. The van der Waals surface area contributed by atoms with Crippen LogP contribution >= 0.6 is 11.6 Å². The van der Waals surface area contributed by atoms with Crippen LogP contribution in [-0.4, -0.2) is 10.5 Å². The SMILES string of the molecule is Cc1ccc(Cl)cc1NC(=O)c1ccc2oc(=O)n(C)c2c1. The molecule has 1 aromatic heterocycles. The molecule has 22 heavy (non-hydrogen) atoms. The molecule has 0 atom stereocenters. The lowest BCUT2D eigenvalue weighted by molar-refractivity contribution is 0.102. The molecule has 1 N–H and O–H groups in total. The van der Waals surface area contributed by atoms with Crippen molar-refractivity contribution in [3.63, 3.8) is 0 Å². The topological polar surface area (TPSA) is 64.2 Å². The fourth-order valence-electron chi connectivity index (χ4n) is 2.19. The Labute approximate surface area is 131 Å². The lowest BCUT2D eigenvalue weighted by Gasteiger charge is -2.09. The van der Waals surface area contributed by atoms with Crippen LogP contribution in [0.25, 0.3) is 11.1 Å². The highest BCUT2D eigenvalue weighted by molar-refractivity contribution is 6.31. The van der Waals surface area contributed by atoms with Gasteiger partial charge in [0, 0.05) is 23.3 Å². The van der Waals surface area contributed by atoms with Crippen LogP contribution in [0.5, 0.6) is 0 Å². The summed E-state index contributed by atoms with van der Waals surface area (Å²) in [6.07, 6.45) is 0. The minimum Gasteiger partial charge on any atom is -0.408 e. The van der Waals surface area contributed by atoms with Gasteiger partial charge in [-0.3, -0.25) is 9.36 Å². The van der Waals surface area contributed by atoms with Gasteiger partial charge in [0.05, 0.1) is 5.52 Å². The van der Waals surface area contributed by atoms with Crippen molar-refractivity contribution >= 4 is 34.3 Å². The van der Waals surface area contributed by atoms with Gasteiger partial charge in [-0.1, -0.05) is 17.7 Å². The van der Waals surface area contributed by atoms with E-state index < -0.39 is 5.76 Å². The molecule has 0 aliphatic rings. The number of fused-ring (bicyclic) bond motifs is 1. The Morgan fingerprint density at radius 3 is 2.77 bits per heavy atom. The monoisotopic (exact) mass is 316 g/mol. The van der Waals surface area contributed by atoms with Gasteiger partial charge in [-0.15, -0.1) is 0 Å². The normalized spacial score (nSPS) is 10.9. The molecule has 0 radical (unpaired) electrons. The second-order valence-electron chi connectivity index (χ2n) is 5.02. The Balaban J connectivity index is 1.96. The zero-order valence-corrected chi connectivity index (χ0v) is 12.8. The third-order valence-electron chi connectivity index (χ3n) is 3.50. The van der Waals surface area contributed by atoms with Crippen molar-refractivity contribution in [2.45, 2.75) is 6.92 Å². The number of hydrogen-bond acceptors (Lipinski definition) is 3. The highest BCUT2D eigenvalue weighted by Crippen LogP contribution is 2.21. The molecule has 0 saturated carbocycles. The maximum Gasteiger partial charge on any atom is 0.419 e. The molecule has 1 amide bonds. The molecule has 0 aliphatic carbocycles. The maximum atomic E-state index is 12.4. The molecule has 0 aliphatic heterocycles. The largest absolute Gasteiger partial charge is 0.419 e. The molecule has 0 bridgehead atoms. The first kappa shape index (κ1) is 14.4. The van der Waals surface area contributed by atoms with Crippen LogP contribution in [0.4, 0.5) is 5.69 Å². The van der Waals surface area contributed by atoms with E-state index in [0.29, 0.717) is 27.4 Å². The summed E-state index contributed by atoms with van der Waals surface area (Å²) in [5.41, 5.74) is 3.01. The van der Waals surface area contributed by atoms with Crippen LogP contribution < -0.4 is 11.1 Å². The number of nitrogens with one attached hydrogen (secondary N) is 1. The summed E-state index contributed by atoms with van der Waals surface area (Å²) in [6, 6.07) is 10.1. The van der Waals surface area contributed by atoms with E-state index >= 15 is 0 Å². The fraction of sp³-hybridized carbons (Fsp3) is 0.125. The van der Waals surface area contributed by atoms with Crippen LogP contribution in [0.15, 0.2) is 45.6 Å². The lowest BCUT2D eigenvalue weighted by atomic mass is 10.1. The van der Waals surface area contributed by atoms with Gasteiger partial charge in [-0.2, -0.15) is 0 Å². The predicted octanol–water partition coefficient (Wildman–Crippen LogP) is 3.35. The van der Waals surface area contributed by atoms with E-state index in [0.717, 1.165) is 5.56 Å². The number of rotatable bonds is 2. The van der Waals surface area contributed by atoms with Gasteiger partial charge in [-0.25, -0.2) is 4.79 Å². The molecule has 3 aromatic rings. The minimum atomic E-state index is -0.460. The highest BCUT2D eigenvalue weighted by Gasteiger charge is 2.12. The number of halogens is 1. The van der Waals surface area contributed by atoms with Crippen molar-refractivity contribution in [2.75, 3.05) is 5.32 Å². The summed E-state index contributed by atoms with van der Waals surface area (Å²) in [5, 5.41) is 3.37. The minimum absolute atomic E-state index is 0.277. The van der Waals surface area contributed by atoms with E-state index in [-0.39, 0.29) is 5.91 Å². The predicted molar refractivity (Wildman–Crippen MR) is 85.6 cm³/mol. The summed E-state index contributed by atoms with van der Waals surface area (Å²) < 4.78 is 6.40. The van der Waals surface area contributed by atoms with Crippen molar-refractivity contribution in [3.8, 4) is 0 Å². The molecular weight excluding hydrogens is 304 g/mol. The smallest absolute Gasteiger partial charge is 0.408 e. The van der Waals surface area contributed by atoms with Gasteiger partial charge in [0.15, 0.2) is 5.58 Å². The third-order valence-corrected chi connectivity index (χ3v) is 3.74. The number of nitrogens with zero attached hydrogens (tertiary/aromatic N) is 1. The van der Waals surface area contributed by atoms with E-state index in [1.165, 1.54) is 4.57 Å². The number of aromatic nitrogens is 1. The van der Waals surface area contributed by atoms with Crippen LogP contribution in [0.3, 0.4) is 0 Å². The zero-order valence-electron chi connectivity index (χ0n) is 12.0. The molecule has 3 rings (SSSR count). The van der Waals surface area contributed by atoms with Gasteiger partial charge in [0.1, 0.15) is 0 Å². The average molecular weight is 317 g/mol. The summed E-state index contributed by atoms with van der Waals surface area (Å²) in [6.45, 7) is 1.88. The van der Waals surface area contributed by atoms with Crippen molar-refractivity contribution in [1.82, 2.24) is 4.57 Å². The molecule has 2 aromatic carbocycles. The van der Waals surface area contributed by atoms with Crippen molar-refractivity contribution < 1.29 is 9.21 Å². The standard InChI is InChI=1S/C16H13ClN2O3/c1-9-3-5-11(17)8-12(9)18-15(20)10-4-6-14-13(7-10)19(2)16(21)22-14/h3-8H,1-2H3,(H,18,20). The Morgan fingerprint density at radius 2 is 2.00 bits per heavy atom. The van der Waals surface area contributed by atoms with Crippen LogP contribution in [0.2, 0.25) is 5.02 Å². The van der Waals surface area contributed by atoms with Crippen molar-refractivity contribution in [3.05, 3.63) is 63.1 Å². The van der Waals surface area contributed by atoms with E-state index in [4.69, 9.17) is 16.0 Å². The van der Waals surface area contributed by atoms with Gasteiger partial charge in [-0.05, 0) is 42.8 Å². The highest BCUT2D eigenvalue weighted by atomic mass is 35.5. The second kappa shape index (κ2) is 5.35. The Hall–Kier alpha value is -2.53. The van der Waals surface area contributed by atoms with Crippen LogP contribution in [0, 0.1) is 6.92 Å². The third kappa shape index (κ3) is 2.51. The quantitative estimate of drug-likeness (QED) is 0.788. The zero-order chi connectivity index (χ0) is 15.9. The fourth-order valence-corrected chi connectivity index (χ4v) is 2.36. The lowest BCUT2D eigenvalue weighted by Crippen LogP contribution is -2.13. The first-order chi connectivity index (χ1) is 10.5. The average Bonchev–Trinajstić information content (AvgIpc) is 2.77. The van der Waals surface area contributed by atoms with E-state index in [1.54, 1.807) is 37.4 Å². The number of aryl methyl sites for hydroxylation is 2. The Bertz CT molecular complexity index is 940. The molecule has 5 nitrogen and oxygen atoms in total. The number of oxazole rings is 1. The number of carbonyl (C=O) groups excluding carboxylic acids is 1. The summed E-state index contributed by atoms with van der Waals surface area (Å²) >= 11 is 5.95. The first-order valence-corrected chi connectivity index (χ1v) is 7.00. The van der Waals surface area contributed by atoms with E-state index in [9.17, 15) is 9.59 Å². The molecule has 6 heteroatoms. The van der Waals surface area contributed by atoms with Gasteiger partial charge in [0.25, 0.3) is 5.91 Å². The summed E-state index contributed by atoms with van der Waals surface area (Å²) in [7, 11) is 1.59. The molecule has 0 saturated heterocycles. The van der Waals surface area contributed by atoms with Gasteiger partial charge >= 0.3 is 5.76 Å². The maximum absolute atomic E-state index is 12.4. The molecule has 1 heterocycles. The summed E-state index contributed by atoms with van der Waals surface area (Å²) in [4.78, 5) is 23.8. The van der Waals surface area contributed by atoms with Crippen LogP contribution in [-0.2, 0) is 7.05 Å². The second-order valence-corrected chi connectivity index (χ2v) is 5.46. The van der Waals surface area contributed by atoms with Gasteiger partial charge < -0.3 is 9.73 Å². The molecule has 0 unspecified atom stereocenters. The number of carbonyl (C=O) groups is 1. The molecule has 0 fully saturated rings. The van der Waals surface area contributed by atoms with Crippen molar-refractivity contribution in [1.29, 1.82) is 0 Å². The number of benzene rings is 2. The summed E-state index contributed by atoms with van der Waals surface area (Å²) in [5.74, 6) is -0.737. The number of amides is 1. The van der Waals surface area contributed by atoms with E-state index in [2.05, 4.69) is 5.32 Å². The Morgan fingerprint density at radius 1 is 1.23 bits per heavy atom. The molecule has 0 spiro atoms. The molecule has 112 valence electrons. The van der Waals surface area contributed by atoms with Crippen LogP contribution in [0.1, 0.15) is 15.9 Å².